The molecule has 1 heteroatoms. The smallest absolute Gasteiger partial charge is 0.0618 e. The van der Waals surface area contributed by atoms with Crippen LogP contribution in [0.4, 0.5) is 17.1 Å². The number of rotatable bonds is 5. The van der Waals surface area contributed by atoms with Gasteiger partial charge in [0.2, 0.25) is 0 Å². The first kappa shape index (κ1) is 33.2. The van der Waals surface area contributed by atoms with Crippen LogP contribution < -0.4 is 4.90 Å². The molecule has 0 unspecified atom stereocenters. The zero-order chi connectivity index (χ0) is 37.4. The van der Waals surface area contributed by atoms with Gasteiger partial charge >= 0.3 is 0 Å². The van der Waals surface area contributed by atoms with Gasteiger partial charge in [-0.25, -0.2) is 0 Å². The summed E-state index contributed by atoms with van der Waals surface area (Å²) in [5.74, 6) is 0. The summed E-state index contributed by atoms with van der Waals surface area (Å²) in [6.07, 6.45) is 6.25. The van der Waals surface area contributed by atoms with E-state index in [0.717, 1.165) is 0 Å². The summed E-state index contributed by atoms with van der Waals surface area (Å²) in [5.41, 5.74) is 19.8. The Balaban J connectivity index is 1.22. The minimum absolute atomic E-state index is 0.0441. The maximum absolute atomic E-state index is 2.62. The molecule has 0 amide bonds. The summed E-state index contributed by atoms with van der Waals surface area (Å²) >= 11 is 0. The molecular weight excluding hydrogens is 675 g/mol. The van der Waals surface area contributed by atoms with E-state index >= 15 is 0 Å². The summed E-state index contributed by atoms with van der Waals surface area (Å²) in [7, 11) is 0. The minimum atomic E-state index is -0.151. The second kappa shape index (κ2) is 12.7. The molecule has 3 aliphatic rings. The van der Waals surface area contributed by atoms with Crippen LogP contribution in [0, 0.1) is 0 Å². The van der Waals surface area contributed by atoms with Crippen molar-refractivity contribution < 1.29 is 0 Å². The van der Waals surface area contributed by atoms with E-state index in [0.29, 0.717) is 0 Å². The van der Waals surface area contributed by atoms with Gasteiger partial charge in [-0.1, -0.05) is 191 Å². The van der Waals surface area contributed by atoms with Crippen molar-refractivity contribution in [3.05, 3.63) is 198 Å². The number of hydrogen-bond acceptors (Lipinski definition) is 1. The molecule has 0 saturated heterocycles. The molecular formula is C55H45N. The molecule has 1 saturated carbocycles. The van der Waals surface area contributed by atoms with Crippen LogP contribution in [0.2, 0.25) is 0 Å². The van der Waals surface area contributed by atoms with Crippen LogP contribution in [0.3, 0.4) is 0 Å². The lowest BCUT2D eigenvalue weighted by molar-refractivity contribution is 0.353. The van der Waals surface area contributed by atoms with E-state index in [1.807, 2.05) is 0 Å². The van der Waals surface area contributed by atoms with Gasteiger partial charge in [0.05, 0.1) is 11.4 Å². The minimum Gasteiger partial charge on any atom is -0.309 e. The van der Waals surface area contributed by atoms with Crippen molar-refractivity contribution in [2.75, 3.05) is 4.90 Å². The molecule has 1 nitrogen and oxygen atoms in total. The van der Waals surface area contributed by atoms with Crippen molar-refractivity contribution >= 4 is 27.8 Å². The van der Waals surface area contributed by atoms with Gasteiger partial charge in [-0.3, -0.25) is 0 Å². The van der Waals surface area contributed by atoms with Crippen molar-refractivity contribution in [2.45, 2.75) is 56.8 Å². The molecule has 8 aromatic carbocycles. The van der Waals surface area contributed by atoms with Gasteiger partial charge in [0.15, 0.2) is 0 Å². The average Bonchev–Trinajstić information content (AvgIpc) is 3.66. The number of fused-ring (bicyclic) bond motifs is 9. The first-order valence-electron chi connectivity index (χ1n) is 20.5. The highest BCUT2D eigenvalue weighted by Gasteiger charge is 2.44. The lowest BCUT2D eigenvalue weighted by atomic mass is 9.68. The Hall–Kier alpha value is -6.18. The van der Waals surface area contributed by atoms with Gasteiger partial charge < -0.3 is 4.90 Å². The zero-order valence-corrected chi connectivity index (χ0v) is 32.2. The topological polar surface area (TPSA) is 3.24 Å². The van der Waals surface area contributed by atoms with Gasteiger partial charge in [0, 0.05) is 33.0 Å². The first-order valence-corrected chi connectivity index (χ1v) is 20.5. The molecule has 1 spiro atoms. The monoisotopic (exact) mass is 719 g/mol. The summed E-state index contributed by atoms with van der Waals surface area (Å²) in [6.45, 7) is 4.81. The fourth-order valence-electron chi connectivity index (χ4n) is 11.0. The Kier molecular flexibility index (Phi) is 7.52. The van der Waals surface area contributed by atoms with Crippen molar-refractivity contribution in [1.82, 2.24) is 0 Å². The maximum atomic E-state index is 2.62. The normalized spacial score (nSPS) is 15.6. The van der Waals surface area contributed by atoms with Crippen LogP contribution >= 0.6 is 0 Å². The Morgan fingerprint density at radius 3 is 1.82 bits per heavy atom. The van der Waals surface area contributed by atoms with E-state index in [4.69, 9.17) is 0 Å². The van der Waals surface area contributed by atoms with Crippen LogP contribution in [0.15, 0.2) is 176 Å². The molecule has 3 aliphatic carbocycles. The van der Waals surface area contributed by atoms with Crippen LogP contribution in [-0.4, -0.2) is 0 Å². The van der Waals surface area contributed by atoms with E-state index in [1.54, 1.807) is 0 Å². The van der Waals surface area contributed by atoms with Crippen LogP contribution in [0.25, 0.3) is 55.3 Å². The van der Waals surface area contributed by atoms with Gasteiger partial charge in [0.25, 0.3) is 0 Å². The van der Waals surface area contributed by atoms with Gasteiger partial charge in [0.1, 0.15) is 0 Å². The molecule has 0 aromatic heterocycles. The lowest BCUT2D eigenvalue weighted by Crippen LogP contribution is -2.28. The summed E-state index contributed by atoms with van der Waals surface area (Å²) in [6, 6.07) is 66.4. The zero-order valence-electron chi connectivity index (χ0n) is 32.2. The fourth-order valence-corrected chi connectivity index (χ4v) is 11.0. The largest absolute Gasteiger partial charge is 0.309 e. The molecule has 56 heavy (non-hydrogen) atoms. The third kappa shape index (κ3) is 4.80. The Bertz CT molecular complexity index is 2820. The van der Waals surface area contributed by atoms with Crippen molar-refractivity contribution in [3.8, 4) is 44.5 Å². The highest BCUT2D eigenvalue weighted by atomic mass is 15.1. The first-order chi connectivity index (χ1) is 27.5. The van der Waals surface area contributed by atoms with Crippen molar-refractivity contribution in [1.29, 1.82) is 0 Å². The quantitative estimate of drug-likeness (QED) is 0.171. The molecule has 0 atom stereocenters. The maximum Gasteiger partial charge on any atom is 0.0618 e. The molecule has 0 heterocycles. The van der Waals surface area contributed by atoms with Gasteiger partial charge in [-0.15, -0.1) is 0 Å². The SMILES string of the molecule is CC1(C)c2ccccc2-c2cccc(-c3ccccc3N(c3ccc4c(c3)C3(CCCCC3)c3ccccc3-4)c3c(-c4ccccc4)ccc4ccccc34)c21. The van der Waals surface area contributed by atoms with Gasteiger partial charge in [-0.2, -0.15) is 0 Å². The highest BCUT2D eigenvalue weighted by Crippen LogP contribution is 2.59. The number of nitrogens with zero attached hydrogens (tertiary/aromatic N) is 1. The molecule has 0 N–H and O–H groups in total. The second-order valence-corrected chi connectivity index (χ2v) is 16.7. The van der Waals surface area contributed by atoms with E-state index < -0.39 is 0 Å². The molecule has 1 fully saturated rings. The third-order valence-electron chi connectivity index (χ3n) is 13.4. The summed E-state index contributed by atoms with van der Waals surface area (Å²) in [4.78, 5) is 2.62. The molecule has 0 radical (unpaired) electrons. The Morgan fingerprint density at radius 2 is 1.02 bits per heavy atom. The number of benzene rings is 8. The standard InChI is InChI=1S/C55H45N/c1-54(2)48-27-12-9-23-43(48)46-25-17-26-47(52(46)54)45-24-11-14-29-51(45)56(53-40-21-8-7-20-38(40)30-32-41(53)37-18-5-3-6-19-37)39-31-33-44-42-22-10-13-28-49(42)55(50(44)36-39)34-15-4-16-35-55/h3,5-14,17-33,36H,4,15-16,34-35H2,1-2H3. The molecule has 270 valence electrons. The van der Waals surface area contributed by atoms with Gasteiger partial charge in [-0.05, 0) is 92.1 Å². The predicted molar refractivity (Wildman–Crippen MR) is 236 cm³/mol. The summed E-state index contributed by atoms with van der Waals surface area (Å²) in [5, 5.41) is 2.48. The fraction of sp³-hybridized carbons (Fsp3) is 0.164. The van der Waals surface area contributed by atoms with E-state index in [1.165, 1.54) is 127 Å². The molecule has 8 aromatic rings. The van der Waals surface area contributed by atoms with E-state index in [-0.39, 0.29) is 10.8 Å². The molecule has 0 bridgehead atoms. The third-order valence-corrected chi connectivity index (χ3v) is 13.4. The summed E-state index contributed by atoms with van der Waals surface area (Å²) < 4.78 is 0. The van der Waals surface area contributed by atoms with Crippen LogP contribution in [0.1, 0.15) is 68.2 Å². The molecule has 11 rings (SSSR count). The van der Waals surface area contributed by atoms with E-state index in [2.05, 4.69) is 195 Å². The van der Waals surface area contributed by atoms with Crippen LogP contribution in [0.5, 0.6) is 0 Å². The second-order valence-electron chi connectivity index (χ2n) is 16.7. The van der Waals surface area contributed by atoms with Crippen LogP contribution in [-0.2, 0) is 10.8 Å². The predicted octanol–water partition coefficient (Wildman–Crippen LogP) is 15.2. The number of para-hydroxylation sites is 1. The number of anilines is 3. The van der Waals surface area contributed by atoms with Crippen molar-refractivity contribution in [2.24, 2.45) is 0 Å². The Morgan fingerprint density at radius 1 is 0.429 bits per heavy atom. The lowest BCUT2D eigenvalue weighted by Gasteiger charge is -2.37. The highest BCUT2D eigenvalue weighted by molar-refractivity contribution is 6.08. The average molecular weight is 720 g/mol. The van der Waals surface area contributed by atoms with E-state index in [9.17, 15) is 0 Å². The number of hydrogen-bond donors (Lipinski definition) is 0. The Labute approximate surface area is 330 Å². The molecule has 0 aliphatic heterocycles. The van der Waals surface area contributed by atoms with Crippen molar-refractivity contribution in [3.63, 3.8) is 0 Å².